The number of H-pyrrole nitrogens is 1. The molecule has 0 aliphatic carbocycles. The van der Waals surface area contributed by atoms with Crippen molar-refractivity contribution in [2.75, 3.05) is 12.3 Å². The summed E-state index contributed by atoms with van der Waals surface area (Å²) in [5, 5.41) is 34.7. The van der Waals surface area contributed by atoms with Gasteiger partial charge in [0.05, 0.1) is 12.4 Å². The van der Waals surface area contributed by atoms with Crippen LogP contribution in [0.15, 0.2) is 71.8 Å². The van der Waals surface area contributed by atoms with Crippen LogP contribution in [0.5, 0.6) is 0 Å². The predicted molar refractivity (Wildman–Crippen MR) is 139 cm³/mol. The zero-order chi connectivity index (χ0) is 28.4. The fourth-order valence-electron chi connectivity index (χ4n) is 4.43. The summed E-state index contributed by atoms with van der Waals surface area (Å²) in [6.07, 6.45) is -6.06. The van der Waals surface area contributed by atoms with Gasteiger partial charge in [-0.25, -0.2) is 9.78 Å². The lowest BCUT2D eigenvalue weighted by atomic mass is 10.0. The minimum absolute atomic E-state index is 0.0189. The minimum Gasteiger partial charge on any atom is -0.461 e. The number of aromatic nitrogens is 4. The highest BCUT2D eigenvalue weighted by molar-refractivity contribution is 5.94. The van der Waals surface area contributed by atoms with E-state index in [0.29, 0.717) is 11.1 Å². The lowest BCUT2D eigenvalue weighted by molar-refractivity contribution is -0.161. The van der Waals surface area contributed by atoms with Crippen molar-refractivity contribution >= 4 is 29.0 Å². The van der Waals surface area contributed by atoms with E-state index in [-0.39, 0.29) is 17.1 Å². The van der Waals surface area contributed by atoms with Crippen molar-refractivity contribution in [3.63, 3.8) is 0 Å². The first kappa shape index (κ1) is 27.0. The Morgan fingerprint density at radius 2 is 1.77 bits per heavy atom. The summed E-state index contributed by atoms with van der Waals surface area (Å²) < 4.78 is 12.2. The second-order valence-corrected chi connectivity index (χ2v) is 9.12. The molecule has 14 nitrogen and oxygen atoms in total. The number of benzene rings is 2. The van der Waals surface area contributed by atoms with E-state index < -0.39 is 60.7 Å². The highest BCUT2D eigenvalue weighted by Crippen LogP contribution is 2.31. The number of aliphatic hydroxyl groups excluding tert-OH is 3. The van der Waals surface area contributed by atoms with Gasteiger partial charge in [0.25, 0.3) is 11.5 Å². The van der Waals surface area contributed by atoms with Crippen molar-refractivity contribution in [3.8, 4) is 0 Å². The molecule has 14 heteroatoms. The van der Waals surface area contributed by atoms with Crippen molar-refractivity contribution in [1.29, 1.82) is 0 Å². The number of anilines is 1. The molecule has 6 atom stereocenters. The number of aliphatic hydroxyl groups is 3. The van der Waals surface area contributed by atoms with Gasteiger partial charge in [-0.05, 0) is 17.7 Å². The van der Waals surface area contributed by atoms with Crippen LogP contribution in [0.1, 0.15) is 28.2 Å². The van der Waals surface area contributed by atoms with Crippen LogP contribution in [0, 0.1) is 0 Å². The second kappa shape index (κ2) is 11.2. The summed E-state index contributed by atoms with van der Waals surface area (Å²) in [6, 6.07) is 15.5. The molecule has 40 heavy (non-hydrogen) atoms. The lowest BCUT2D eigenvalue weighted by Gasteiger charge is -2.24. The fraction of sp³-hybridized carbons (Fsp3) is 0.269. The van der Waals surface area contributed by atoms with Gasteiger partial charge in [-0.15, -0.1) is 0 Å². The number of aromatic amines is 1. The van der Waals surface area contributed by atoms with E-state index in [1.54, 1.807) is 60.7 Å². The molecule has 0 radical (unpaired) electrons. The van der Waals surface area contributed by atoms with E-state index in [2.05, 4.69) is 20.3 Å². The van der Waals surface area contributed by atoms with Gasteiger partial charge in [0.1, 0.15) is 24.9 Å². The summed E-state index contributed by atoms with van der Waals surface area (Å²) in [5.41, 5.74) is 5.77. The zero-order valence-corrected chi connectivity index (χ0v) is 20.8. The van der Waals surface area contributed by atoms with Crippen LogP contribution >= 0.6 is 0 Å². The number of carbonyl (C=O) groups excluding carboxylic acids is 2. The van der Waals surface area contributed by atoms with E-state index in [0.717, 1.165) is 0 Å². The molecule has 1 fully saturated rings. The van der Waals surface area contributed by atoms with Crippen molar-refractivity contribution in [2.45, 2.75) is 36.7 Å². The Kier molecular flexibility index (Phi) is 7.57. The molecular formula is C26H26N6O8. The number of ether oxygens (including phenoxy) is 2. The average molecular weight is 551 g/mol. The third-order valence-electron chi connectivity index (χ3n) is 6.49. The van der Waals surface area contributed by atoms with Gasteiger partial charge in [-0.3, -0.25) is 19.1 Å². The number of carbonyl (C=O) groups is 2. The lowest BCUT2D eigenvalue weighted by Crippen LogP contribution is -2.42. The first-order valence-electron chi connectivity index (χ1n) is 12.2. The zero-order valence-electron chi connectivity index (χ0n) is 20.8. The second-order valence-electron chi connectivity index (χ2n) is 9.12. The summed E-state index contributed by atoms with van der Waals surface area (Å²) >= 11 is 0. The number of hydrogen-bond acceptors (Lipinski definition) is 11. The van der Waals surface area contributed by atoms with Gasteiger partial charge >= 0.3 is 5.97 Å². The molecule has 0 saturated carbocycles. The molecule has 2 aromatic heterocycles. The topological polar surface area (TPSA) is 215 Å². The summed E-state index contributed by atoms with van der Waals surface area (Å²) in [5.74, 6) is -1.79. The average Bonchev–Trinajstić information content (AvgIpc) is 3.51. The van der Waals surface area contributed by atoms with Crippen LogP contribution in [-0.4, -0.2) is 77.7 Å². The van der Waals surface area contributed by atoms with Crippen LogP contribution < -0.4 is 16.6 Å². The molecule has 1 aliphatic heterocycles. The van der Waals surface area contributed by atoms with Crippen molar-refractivity contribution < 1.29 is 34.4 Å². The first-order valence-corrected chi connectivity index (χ1v) is 12.2. The Morgan fingerprint density at radius 1 is 1.10 bits per heavy atom. The number of fused-ring (bicyclic) bond motifs is 1. The molecule has 1 saturated heterocycles. The monoisotopic (exact) mass is 550 g/mol. The smallest absolute Gasteiger partial charge is 0.337 e. The largest absolute Gasteiger partial charge is 0.461 e. The third kappa shape index (κ3) is 5.28. The molecule has 1 aliphatic rings. The number of amides is 1. The maximum Gasteiger partial charge on any atom is 0.337 e. The van der Waals surface area contributed by atoms with E-state index in [9.17, 15) is 29.7 Å². The molecular weight excluding hydrogens is 524 g/mol. The maximum atomic E-state index is 12.9. The number of imidazole rings is 1. The molecule has 4 aromatic rings. The number of nitrogens with one attached hydrogen (secondary N) is 2. The van der Waals surface area contributed by atoms with Gasteiger partial charge in [-0.2, -0.15) is 4.98 Å². The molecule has 1 amide bonds. The van der Waals surface area contributed by atoms with Crippen molar-refractivity contribution in [2.24, 2.45) is 0 Å². The Morgan fingerprint density at radius 3 is 2.48 bits per heavy atom. The predicted octanol–water partition coefficient (Wildman–Crippen LogP) is -0.604. The van der Waals surface area contributed by atoms with Crippen molar-refractivity contribution in [3.05, 3.63) is 88.5 Å². The third-order valence-corrected chi connectivity index (χ3v) is 6.49. The number of esters is 1. The van der Waals surface area contributed by atoms with Crippen molar-refractivity contribution in [1.82, 2.24) is 24.8 Å². The van der Waals surface area contributed by atoms with Gasteiger partial charge in [0.15, 0.2) is 23.5 Å². The molecule has 0 unspecified atom stereocenters. The first-order chi connectivity index (χ1) is 19.2. The van der Waals surface area contributed by atoms with E-state index in [1.165, 1.54) is 10.9 Å². The molecule has 7 N–H and O–H groups in total. The Labute approximate surface area is 226 Å². The van der Waals surface area contributed by atoms with Gasteiger partial charge in [0, 0.05) is 5.56 Å². The van der Waals surface area contributed by atoms with Crippen LogP contribution in [0.2, 0.25) is 0 Å². The van der Waals surface area contributed by atoms with Gasteiger partial charge in [-0.1, -0.05) is 48.5 Å². The summed E-state index contributed by atoms with van der Waals surface area (Å²) in [6.45, 7) is -0.540. The van der Waals surface area contributed by atoms with E-state index in [1.807, 2.05) is 0 Å². The normalized spacial score (nSPS) is 22.1. The molecule has 3 heterocycles. The number of nitrogens with zero attached hydrogens (tertiary/aromatic N) is 3. The highest BCUT2D eigenvalue weighted by atomic mass is 16.6. The molecule has 2 aromatic carbocycles. The maximum absolute atomic E-state index is 12.9. The SMILES string of the molecule is Nc1nc2c(ncn2[C@@H]2O[C@H](COC(=O)[C@H](O)[C@@H](NC(=O)c3ccccc3)c3ccccc3)[C@@H](O)[C@H]2O)c(=O)[nH]1. The standard InChI is InChI=1S/C26H26N6O8/c27-26-30-21-17(23(37)31-26)28-12-32(21)24-20(35)18(33)15(40-24)11-39-25(38)19(34)16(13-7-3-1-4-8-13)29-22(36)14-9-5-2-6-10-14/h1-10,12,15-16,18-20,24,33-35H,11H2,(H,29,36)(H3,27,30,31,37)/t15-,16+,18-,19-,20-,24-/m1/s1. The molecule has 5 rings (SSSR count). The van der Waals surface area contributed by atoms with Crippen LogP contribution in [0.4, 0.5) is 5.95 Å². The van der Waals surface area contributed by atoms with Gasteiger partial charge in [0.2, 0.25) is 5.95 Å². The summed E-state index contributed by atoms with van der Waals surface area (Å²) in [7, 11) is 0. The van der Waals surface area contributed by atoms with Gasteiger partial charge < -0.3 is 35.8 Å². The highest BCUT2D eigenvalue weighted by Gasteiger charge is 2.45. The van der Waals surface area contributed by atoms with Crippen LogP contribution in [0.25, 0.3) is 11.2 Å². The van der Waals surface area contributed by atoms with Crippen LogP contribution in [-0.2, 0) is 14.3 Å². The Bertz CT molecular complexity index is 1560. The number of nitrogen functional groups attached to an aromatic ring is 1. The number of nitrogens with two attached hydrogens (primary N) is 1. The van der Waals surface area contributed by atoms with Crippen LogP contribution in [0.3, 0.4) is 0 Å². The molecule has 0 spiro atoms. The molecule has 0 bridgehead atoms. The fourth-order valence-corrected chi connectivity index (χ4v) is 4.43. The Balaban J connectivity index is 1.28. The minimum atomic E-state index is -1.81. The quantitative estimate of drug-likeness (QED) is 0.152. The number of rotatable bonds is 8. The number of hydrogen-bond donors (Lipinski definition) is 6. The molecule has 208 valence electrons. The van der Waals surface area contributed by atoms with E-state index >= 15 is 0 Å². The Hall–Kier alpha value is -4.63. The summed E-state index contributed by atoms with van der Waals surface area (Å²) in [4.78, 5) is 48.0. The van der Waals surface area contributed by atoms with E-state index in [4.69, 9.17) is 15.2 Å².